The number of carbonyl (C=O) groups excluding carboxylic acids is 1. The lowest BCUT2D eigenvalue weighted by Gasteiger charge is -2.17. The number of Topliss-reactive ketones (excluding diaryl/α,β-unsaturated/α-hetero) is 1. The molecule has 1 saturated carbocycles. The van der Waals surface area contributed by atoms with Gasteiger partial charge in [-0.05, 0) is 36.8 Å². The number of aromatic nitrogens is 1. The van der Waals surface area contributed by atoms with Crippen molar-refractivity contribution < 1.29 is 4.79 Å². The van der Waals surface area contributed by atoms with E-state index in [1.807, 2.05) is 24.3 Å². The Bertz CT molecular complexity index is 603. The standard InChI is InChI=1S/C16H18N2O/c17-9-12-4-2-5-13(12)16(19)14-6-1-3-11-7-8-18-10-15(11)14/h1,3,6-8,10,12-13H,2,4-5,9,17H2. The first kappa shape index (κ1) is 12.3. The SMILES string of the molecule is NCC1CCCC1C(=O)c1cccc2ccncc12. The van der Waals surface area contributed by atoms with E-state index in [-0.39, 0.29) is 11.7 Å². The van der Waals surface area contributed by atoms with Gasteiger partial charge in [-0.3, -0.25) is 9.78 Å². The zero-order chi connectivity index (χ0) is 13.2. The Morgan fingerprint density at radius 2 is 2.21 bits per heavy atom. The van der Waals surface area contributed by atoms with Crippen LogP contribution >= 0.6 is 0 Å². The highest BCUT2D eigenvalue weighted by Gasteiger charge is 2.32. The third kappa shape index (κ3) is 2.15. The second-order valence-corrected chi connectivity index (χ2v) is 5.30. The van der Waals surface area contributed by atoms with Crippen LogP contribution in [0.5, 0.6) is 0 Å². The molecule has 3 nitrogen and oxygen atoms in total. The molecule has 1 aliphatic rings. The highest BCUT2D eigenvalue weighted by atomic mass is 16.1. The molecule has 0 spiro atoms. The maximum atomic E-state index is 12.7. The lowest BCUT2D eigenvalue weighted by atomic mass is 9.87. The number of rotatable bonds is 3. The van der Waals surface area contributed by atoms with Gasteiger partial charge in [-0.15, -0.1) is 0 Å². The largest absolute Gasteiger partial charge is 0.330 e. The van der Waals surface area contributed by atoms with Crippen molar-refractivity contribution in [2.75, 3.05) is 6.54 Å². The minimum absolute atomic E-state index is 0.0933. The minimum Gasteiger partial charge on any atom is -0.330 e. The van der Waals surface area contributed by atoms with E-state index in [0.717, 1.165) is 35.6 Å². The van der Waals surface area contributed by atoms with Crippen molar-refractivity contribution in [3.8, 4) is 0 Å². The van der Waals surface area contributed by atoms with Crippen molar-refractivity contribution in [2.24, 2.45) is 17.6 Å². The van der Waals surface area contributed by atoms with E-state index in [1.54, 1.807) is 12.4 Å². The topological polar surface area (TPSA) is 56.0 Å². The second-order valence-electron chi connectivity index (χ2n) is 5.30. The molecular weight excluding hydrogens is 236 g/mol. The van der Waals surface area contributed by atoms with Gasteiger partial charge in [0.05, 0.1) is 0 Å². The predicted molar refractivity (Wildman–Crippen MR) is 76.0 cm³/mol. The van der Waals surface area contributed by atoms with Crippen LogP contribution in [0.4, 0.5) is 0 Å². The lowest BCUT2D eigenvalue weighted by molar-refractivity contribution is 0.0895. The summed E-state index contributed by atoms with van der Waals surface area (Å²) >= 11 is 0. The molecule has 1 aromatic heterocycles. The van der Waals surface area contributed by atoms with Crippen molar-refractivity contribution in [1.29, 1.82) is 0 Å². The fraction of sp³-hybridized carbons (Fsp3) is 0.375. The molecule has 2 aromatic rings. The molecule has 2 N–H and O–H groups in total. The zero-order valence-electron chi connectivity index (χ0n) is 10.9. The highest BCUT2D eigenvalue weighted by molar-refractivity contribution is 6.09. The quantitative estimate of drug-likeness (QED) is 0.857. The summed E-state index contributed by atoms with van der Waals surface area (Å²) in [6, 6.07) is 7.82. The number of pyridine rings is 1. The average Bonchev–Trinajstić information content (AvgIpc) is 2.94. The number of hydrogen-bond acceptors (Lipinski definition) is 3. The van der Waals surface area contributed by atoms with Crippen LogP contribution in [0.3, 0.4) is 0 Å². The summed E-state index contributed by atoms with van der Waals surface area (Å²) in [7, 11) is 0. The summed E-state index contributed by atoms with van der Waals surface area (Å²) in [6.07, 6.45) is 6.71. The van der Waals surface area contributed by atoms with Gasteiger partial charge in [-0.2, -0.15) is 0 Å². The minimum atomic E-state index is 0.0933. The van der Waals surface area contributed by atoms with E-state index < -0.39 is 0 Å². The number of hydrogen-bond donors (Lipinski definition) is 1. The summed E-state index contributed by atoms with van der Waals surface area (Å²) in [6.45, 7) is 0.611. The second kappa shape index (κ2) is 5.10. The Hall–Kier alpha value is -1.74. The maximum absolute atomic E-state index is 12.7. The fourth-order valence-corrected chi connectivity index (χ4v) is 3.19. The Kier molecular flexibility index (Phi) is 3.30. The smallest absolute Gasteiger partial charge is 0.166 e. The van der Waals surface area contributed by atoms with Gasteiger partial charge in [0.15, 0.2) is 5.78 Å². The van der Waals surface area contributed by atoms with Crippen molar-refractivity contribution in [2.45, 2.75) is 19.3 Å². The number of nitrogens with zero attached hydrogens (tertiary/aromatic N) is 1. The summed E-state index contributed by atoms with van der Waals surface area (Å²) in [5.74, 6) is 0.682. The van der Waals surface area contributed by atoms with Gasteiger partial charge in [0.2, 0.25) is 0 Å². The van der Waals surface area contributed by atoms with Crippen LogP contribution in [0.15, 0.2) is 36.7 Å². The first-order chi connectivity index (χ1) is 9.31. The van der Waals surface area contributed by atoms with Gasteiger partial charge in [-0.1, -0.05) is 24.6 Å². The van der Waals surface area contributed by atoms with Crippen LogP contribution in [0.2, 0.25) is 0 Å². The molecule has 0 amide bonds. The van der Waals surface area contributed by atoms with Crippen molar-refractivity contribution in [1.82, 2.24) is 4.98 Å². The Morgan fingerprint density at radius 1 is 1.32 bits per heavy atom. The van der Waals surface area contributed by atoms with Gasteiger partial charge in [0.25, 0.3) is 0 Å². The molecule has 0 radical (unpaired) electrons. The van der Waals surface area contributed by atoms with Crippen LogP contribution in [0.25, 0.3) is 10.8 Å². The van der Waals surface area contributed by atoms with Crippen molar-refractivity contribution >= 4 is 16.6 Å². The maximum Gasteiger partial charge on any atom is 0.166 e. The normalized spacial score (nSPS) is 22.8. The van der Waals surface area contributed by atoms with E-state index in [4.69, 9.17) is 5.73 Å². The molecule has 98 valence electrons. The van der Waals surface area contributed by atoms with Gasteiger partial charge < -0.3 is 5.73 Å². The van der Waals surface area contributed by atoms with Gasteiger partial charge >= 0.3 is 0 Å². The number of nitrogens with two attached hydrogens (primary N) is 1. The highest BCUT2D eigenvalue weighted by Crippen LogP contribution is 2.34. The summed E-state index contributed by atoms with van der Waals surface area (Å²) in [5.41, 5.74) is 6.59. The van der Waals surface area contributed by atoms with E-state index >= 15 is 0 Å². The third-order valence-corrected chi connectivity index (χ3v) is 4.25. The monoisotopic (exact) mass is 254 g/mol. The van der Waals surface area contributed by atoms with Crippen LogP contribution in [0.1, 0.15) is 29.6 Å². The molecule has 0 bridgehead atoms. The molecular formula is C16H18N2O. The molecule has 3 rings (SSSR count). The number of carbonyl (C=O) groups is 1. The van der Waals surface area contributed by atoms with Crippen molar-refractivity contribution in [3.05, 3.63) is 42.2 Å². The van der Waals surface area contributed by atoms with Gasteiger partial charge in [0.1, 0.15) is 0 Å². The molecule has 2 unspecified atom stereocenters. The van der Waals surface area contributed by atoms with Crippen LogP contribution in [0, 0.1) is 11.8 Å². The molecule has 1 fully saturated rings. The average molecular weight is 254 g/mol. The lowest BCUT2D eigenvalue weighted by Crippen LogP contribution is -2.25. The van der Waals surface area contributed by atoms with Crippen LogP contribution in [-0.2, 0) is 0 Å². The van der Waals surface area contributed by atoms with Crippen LogP contribution in [-0.4, -0.2) is 17.3 Å². The first-order valence-electron chi connectivity index (χ1n) is 6.88. The fourth-order valence-electron chi connectivity index (χ4n) is 3.19. The first-order valence-corrected chi connectivity index (χ1v) is 6.88. The zero-order valence-corrected chi connectivity index (χ0v) is 10.9. The molecule has 19 heavy (non-hydrogen) atoms. The Labute approximate surface area is 112 Å². The van der Waals surface area contributed by atoms with Crippen molar-refractivity contribution in [3.63, 3.8) is 0 Å². The molecule has 0 saturated heterocycles. The van der Waals surface area contributed by atoms with E-state index in [0.29, 0.717) is 12.5 Å². The number of benzene rings is 1. The molecule has 0 aliphatic heterocycles. The number of ketones is 1. The summed E-state index contributed by atoms with van der Waals surface area (Å²) in [5, 5.41) is 2.03. The number of fused-ring (bicyclic) bond motifs is 1. The van der Waals surface area contributed by atoms with Gasteiger partial charge in [0, 0.05) is 29.3 Å². The molecule has 3 heteroatoms. The molecule has 1 heterocycles. The van der Waals surface area contributed by atoms with E-state index in [2.05, 4.69) is 4.98 Å². The summed E-state index contributed by atoms with van der Waals surface area (Å²) in [4.78, 5) is 16.9. The summed E-state index contributed by atoms with van der Waals surface area (Å²) < 4.78 is 0. The van der Waals surface area contributed by atoms with E-state index in [9.17, 15) is 4.79 Å². The molecule has 1 aliphatic carbocycles. The molecule has 1 aromatic carbocycles. The third-order valence-electron chi connectivity index (χ3n) is 4.25. The van der Waals surface area contributed by atoms with Gasteiger partial charge in [-0.25, -0.2) is 0 Å². The Morgan fingerprint density at radius 3 is 3.05 bits per heavy atom. The predicted octanol–water partition coefficient (Wildman–Crippen LogP) is 2.79. The van der Waals surface area contributed by atoms with E-state index in [1.165, 1.54) is 0 Å². The Balaban J connectivity index is 2.02. The van der Waals surface area contributed by atoms with Crippen LogP contribution < -0.4 is 5.73 Å². The molecule has 2 atom stereocenters.